The molecule has 9 heavy (non-hydrogen) atoms. The lowest BCUT2D eigenvalue weighted by Crippen LogP contribution is -2.22. The molecule has 0 radical (unpaired) electrons. The van der Waals surface area contributed by atoms with E-state index in [1.165, 1.54) is 38.5 Å². The Labute approximate surface area is 60.6 Å². The summed E-state index contributed by atoms with van der Waals surface area (Å²) in [6.07, 6.45) is 8.60. The molecule has 1 heteroatoms. The molecule has 1 saturated carbocycles. The highest BCUT2D eigenvalue weighted by atomic mass is 31.0. The quantitative estimate of drug-likeness (QED) is 0.496. The van der Waals surface area contributed by atoms with Gasteiger partial charge in [-0.1, -0.05) is 26.2 Å². The van der Waals surface area contributed by atoms with Crippen LogP contribution >= 0.6 is 9.24 Å². The van der Waals surface area contributed by atoms with Gasteiger partial charge in [0.2, 0.25) is 0 Å². The van der Waals surface area contributed by atoms with Crippen molar-refractivity contribution in [2.45, 2.75) is 50.6 Å². The predicted molar refractivity (Wildman–Crippen MR) is 45.8 cm³/mol. The van der Waals surface area contributed by atoms with Gasteiger partial charge in [0.1, 0.15) is 0 Å². The van der Waals surface area contributed by atoms with Gasteiger partial charge in [-0.2, -0.15) is 0 Å². The summed E-state index contributed by atoms with van der Waals surface area (Å²) in [6, 6.07) is 0. The first-order chi connectivity index (χ1) is 4.27. The molecule has 1 fully saturated rings. The van der Waals surface area contributed by atoms with Gasteiger partial charge in [0.15, 0.2) is 0 Å². The van der Waals surface area contributed by atoms with Crippen LogP contribution in [0.5, 0.6) is 0 Å². The van der Waals surface area contributed by atoms with Gasteiger partial charge in [0, 0.05) is 0 Å². The Bertz CT molecular complexity index is 82.6. The van der Waals surface area contributed by atoms with E-state index in [9.17, 15) is 0 Å². The molecule has 0 aromatic heterocycles. The Balaban J connectivity index is 2.37. The zero-order valence-electron chi connectivity index (χ0n) is 6.32. The lowest BCUT2D eigenvalue weighted by molar-refractivity contribution is 0.388. The number of hydrogen-bond donors (Lipinski definition) is 0. The third-order valence-corrected chi connectivity index (χ3v) is 3.54. The molecule has 0 amide bonds. The molecule has 1 aliphatic carbocycles. The molecule has 1 aliphatic rings. The van der Waals surface area contributed by atoms with Crippen LogP contribution in [0.15, 0.2) is 0 Å². The molecule has 0 aromatic carbocycles. The average Bonchev–Trinajstić information content (AvgIpc) is 1.90. The van der Waals surface area contributed by atoms with Crippen molar-refractivity contribution in [1.82, 2.24) is 0 Å². The molecule has 0 N–H and O–H groups in total. The second-order valence-electron chi connectivity index (χ2n) is 3.28. The third kappa shape index (κ3) is 1.93. The Morgan fingerprint density at radius 2 is 1.78 bits per heavy atom. The lowest BCUT2D eigenvalue weighted by atomic mass is 9.86. The second kappa shape index (κ2) is 3.01. The van der Waals surface area contributed by atoms with Crippen molar-refractivity contribution in [3.63, 3.8) is 0 Å². The van der Waals surface area contributed by atoms with Crippen LogP contribution < -0.4 is 0 Å². The Hall–Kier alpha value is 0.430. The highest BCUT2D eigenvalue weighted by Gasteiger charge is 2.23. The van der Waals surface area contributed by atoms with Gasteiger partial charge in [-0.05, 0) is 24.4 Å². The molecule has 1 atom stereocenters. The fourth-order valence-corrected chi connectivity index (χ4v) is 2.02. The van der Waals surface area contributed by atoms with Crippen molar-refractivity contribution in [2.24, 2.45) is 0 Å². The summed E-state index contributed by atoms with van der Waals surface area (Å²) in [6.45, 7) is 2.30. The molecule has 54 valence electrons. The second-order valence-corrected chi connectivity index (χ2v) is 4.50. The topological polar surface area (TPSA) is 0 Å². The minimum absolute atomic E-state index is 0.637. The van der Waals surface area contributed by atoms with Crippen LogP contribution in [-0.4, -0.2) is 5.16 Å². The molecule has 0 heterocycles. The van der Waals surface area contributed by atoms with Crippen LogP contribution in [0.1, 0.15) is 45.4 Å². The molecule has 0 spiro atoms. The maximum absolute atomic E-state index is 3.04. The van der Waals surface area contributed by atoms with Crippen LogP contribution in [0.2, 0.25) is 0 Å². The van der Waals surface area contributed by atoms with Crippen molar-refractivity contribution in [3.8, 4) is 0 Å². The van der Waals surface area contributed by atoms with E-state index in [1.807, 2.05) is 0 Å². The van der Waals surface area contributed by atoms with Gasteiger partial charge in [-0.25, -0.2) is 0 Å². The van der Waals surface area contributed by atoms with E-state index in [0.717, 1.165) is 0 Å². The Morgan fingerprint density at radius 1 is 1.22 bits per heavy atom. The third-order valence-electron chi connectivity index (χ3n) is 2.55. The normalized spacial score (nSPS) is 26.0. The monoisotopic (exact) mass is 144 g/mol. The predicted octanol–water partition coefficient (Wildman–Crippen LogP) is 2.97. The van der Waals surface area contributed by atoms with Crippen LogP contribution in [0.4, 0.5) is 0 Å². The summed E-state index contributed by atoms with van der Waals surface area (Å²) in [5, 5.41) is 0.637. The SMILES string of the molecule is CCC1(P)CCCCC1. The lowest BCUT2D eigenvalue weighted by Gasteiger charge is -2.31. The zero-order valence-corrected chi connectivity index (χ0v) is 7.47. The van der Waals surface area contributed by atoms with Crippen molar-refractivity contribution in [3.05, 3.63) is 0 Å². The summed E-state index contributed by atoms with van der Waals surface area (Å²) < 4.78 is 0. The van der Waals surface area contributed by atoms with Crippen molar-refractivity contribution in [2.75, 3.05) is 0 Å². The first kappa shape index (κ1) is 7.54. The van der Waals surface area contributed by atoms with Gasteiger partial charge in [-0.15, -0.1) is 9.24 Å². The maximum Gasteiger partial charge on any atom is -0.0153 e. The fraction of sp³-hybridized carbons (Fsp3) is 1.00. The van der Waals surface area contributed by atoms with E-state index in [1.54, 1.807) is 0 Å². The van der Waals surface area contributed by atoms with E-state index < -0.39 is 0 Å². The Morgan fingerprint density at radius 3 is 2.11 bits per heavy atom. The van der Waals surface area contributed by atoms with Gasteiger partial charge >= 0.3 is 0 Å². The summed E-state index contributed by atoms with van der Waals surface area (Å²) in [5.74, 6) is 0. The summed E-state index contributed by atoms with van der Waals surface area (Å²) >= 11 is 0. The van der Waals surface area contributed by atoms with Gasteiger partial charge in [0.25, 0.3) is 0 Å². The van der Waals surface area contributed by atoms with E-state index in [0.29, 0.717) is 5.16 Å². The van der Waals surface area contributed by atoms with Crippen LogP contribution in [0.3, 0.4) is 0 Å². The number of hydrogen-bond acceptors (Lipinski definition) is 0. The number of rotatable bonds is 1. The molecule has 1 rings (SSSR count). The van der Waals surface area contributed by atoms with Gasteiger partial charge in [-0.3, -0.25) is 0 Å². The van der Waals surface area contributed by atoms with E-state index in [-0.39, 0.29) is 0 Å². The highest BCUT2D eigenvalue weighted by molar-refractivity contribution is 7.19. The minimum Gasteiger partial charge on any atom is -0.131 e. The molecular weight excluding hydrogens is 127 g/mol. The van der Waals surface area contributed by atoms with Gasteiger partial charge < -0.3 is 0 Å². The molecule has 0 saturated heterocycles. The standard InChI is InChI=1S/C8H17P/c1-2-8(9)6-4-3-5-7-8/h2-7,9H2,1H3. The minimum atomic E-state index is 0.637. The Kier molecular flexibility index (Phi) is 2.52. The van der Waals surface area contributed by atoms with E-state index in [4.69, 9.17) is 0 Å². The molecular formula is C8H17P. The molecule has 0 nitrogen and oxygen atoms in total. The largest absolute Gasteiger partial charge is 0.131 e. The van der Waals surface area contributed by atoms with Crippen LogP contribution in [-0.2, 0) is 0 Å². The zero-order chi connectivity index (χ0) is 6.74. The van der Waals surface area contributed by atoms with Gasteiger partial charge in [0.05, 0.1) is 0 Å². The van der Waals surface area contributed by atoms with E-state index >= 15 is 0 Å². The summed E-state index contributed by atoms with van der Waals surface area (Å²) in [7, 11) is 3.04. The summed E-state index contributed by atoms with van der Waals surface area (Å²) in [5.41, 5.74) is 0. The van der Waals surface area contributed by atoms with E-state index in [2.05, 4.69) is 16.2 Å². The average molecular weight is 144 g/mol. The van der Waals surface area contributed by atoms with Crippen molar-refractivity contribution in [1.29, 1.82) is 0 Å². The molecule has 1 unspecified atom stereocenters. The highest BCUT2D eigenvalue weighted by Crippen LogP contribution is 2.38. The van der Waals surface area contributed by atoms with Crippen molar-refractivity contribution >= 4 is 9.24 Å². The molecule has 0 aliphatic heterocycles. The summed E-state index contributed by atoms with van der Waals surface area (Å²) in [4.78, 5) is 0. The first-order valence-electron chi connectivity index (χ1n) is 4.06. The maximum atomic E-state index is 3.04. The van der Waals surface area contributed by atoms with Crippen LogP contribution in [0.25, 0.3) is 0 Å². The fourth-order valence-electron chi connectivity index (χ4n) is 1.61. The van der Waals surface area contributed by atoms with Crippen molar-refractivity contribution < 1.29 is 0 Å². The van der Waals surface area contributed by atoms with Crippen LogP contribution in [0, 0.1) is 0 Å². The smallest absolute Gasteiger partial charge is 0.0153 e. The molecule has 0 aromatic rings. The molecule has 0 bridgehead atoms. The first-order valence-corrected chi connectivity index (χ1v) is 4.63.